The van der Waals surface area contributed by atoms with Gasteiger partial charge in [0.2, 0.25) is 5.95 Å². The molecule has 5 heteroatoms. The Labute approximate surface area is 131 Å². The third kappa shape index (κ3) is 2.81. The molecule has 2 aromatic rings. The van der Waals surface area contributed by atoms with Crippen LogP contribution in [0, 0.1) is 0 Å². The van der Waals surface area contributed by atoms with Crippen LogP contribution in [0.15, 0.2) is 24.3 Å². The summed E-state index contributed by atoms with van der Waals surface area (Å²) in [6.45, 7) is 5.60. The normalized spacial score (nSPS) is 18.0. The molecule has 0 bridgehead atoms. The van der Waals surface area contributed by atoms with Crippen LogP contribution >= 0.6 is 0 Å². The lowest BCUT2D eigenvalue weighted by atomic mass is 10.0. The minimum absolute atomic E-state index is 0.422. The minimum Gasteiger partial charge on any atom is -0.388 e. The Hall–Kier alpha value is -2.01. The number of hydrogen-bond acceptors (Lipinski definition) is 5. The van der Waals surface area contributed by atoms with Crippen LogP contribution in [0.1, 0.15) is 48.9 Å². The van der Waals surface area contributed by atoms with E-state index < -0.39 is 6.10 Å². The molecule has 1 aromatic carbocycles. The van der Waals surface area contributed by atoms with Gasteiger partial charge in [-0.05, 0) is 30.4 Å². The zero-order chi connectivity index (χ0) is 15.5. The fraction of sp³-hybridized carbons (Fsp3) is 0.471. The molecule has 0 fully saturated rings. The van der Waals surface area contributed by atoms with Crippen molar-refractivity contribution in [3.05, 3.63) is 46.8 Å². The topological polar surface area (TPSA) is 62.1 Å². The molecule has 1 atom stereocenters. The van der Waals surface area contributed by atoms with Crippen LogP contribution in [0.4, 0.5) is 5.95 Å². The smallest absolute Gasteiger partial charge is 0.245 e. The van der Waals surface area contributed by atoms with Crippen LogP contribution in [-0.2, 0) is 19.4 Å². The van der Waals surface area contributed by atoms with Crippen molar-refractivity contribution in [2.45, 2.75) is 45.8 Å². The highest BCUT2D eigenvalue weighted by Gasteiger charge is 2.22. The molecule has 1 N–H and O–H groups in total. The molecule has 5 nitrogen and oxygen atoms in total. The first-order chi connectivity index (χ1) is 10.7. The second-order valence-electron chi connectivity index (χ2n) is 5.64. The van der Waals surface area contributed by atoms with Gasteiger partial charge in [-0.1, -0.05) is 38.1 Å². The van der Waals surface area contributed by atoms with E-state index in [1.54, 1.807) is 0 Å². The molecular formula is C17H22N4O. The van der Waals surface area contributed by atoms with Crippen LogP contribution in [0.3, 0.4) is 0 Å². The Balaban J connectivity index is 1.93. The first-order valence-electron chi connectivity index (χ1n) is 7.96. The van der Waals surface area contributed by atoms with Crippen molar-refractivity contribution in [3.63, 3.8) is 0 Å². The molecule has 116 valence electrons. The van der Waals surface area contributed by atoms with E-state index in [4.69, 9.17) is 4.98 Å². The Morgan fingerprint density at radius 2 is 1.91 bits per heavy atom. The second-order valence-corrected chi connectivity index (χ2v) is 5.64. The van der Waals surface area contributed by atoms with Gasteiger partial charge < -0.3 is 10.0 Å². The number of fused-ring (bicyclic) bond motifs is 1. The highest BCUT2D eigenvalue weighted by molar-refractivity contribution is 5.38. The van der Waals surface area contributed by atoms with Crippen molar-refractivity contribution >= 4 is 5.95 Å². The fourth-order valence-corrected chi connectivity index (χ4v) is 2.95. The van der Waals surface area contributed by atoms with Gasteiger partial charge in [-0.2, -0.15) is 5.10 Å². The van der Waals surface area contributed by atoms with E-state index in [2.05, 4.69) is 35.0 Å². The average molecular weight is 298 g/mol. The number of anilines is 1. The van der Waals surface area contributed by atoms with Crippen molar-refractivity contribution < 1.29 is 5.11 Å². The molecule has 2 heterocycles. The molecule has 1 aliphatic heterocycles. The monoisotopic (exact) mass is 298 g/mol. The molecule has 0 amide bonds. The first kappa shape index (κ1) is 14.9. The van der Waals surface area contributed by atoms with Crippen molar-refractivity contribution in [1.29, 1.82) is 0 Å². The van der Waals surface area contributed by atoms with Gasteiger partial charge in [-0.25, -0.2) is 4.98 Å². The van der Waals surface area contributed by atoms with Gasteiger partial charge in [0.25, 0.3) is 0 Å². The van der Waals surface area contributed by atoms with Gasteiger partial charge >= 0.3 is 0 Å². The summed E-state index contributed by atoms with van der Waals surface area (Å²) in [5, 5.41) is 18.9. The number of aliphatic hydroxyl groups is 1. The largest absolute Gasteiger partial charge is 0.388 e. The molecule has 1 aromatic heterocycles. The second kappa shape index (κ2) is 6.40. The quantitative estimate of drug-likeness (QED) is 0.943. The molecule has 0 radical (unpaired) electrons. The van der Waals surface area contributed by atoms with Crippen molar-refractivity contribution in [3.8, 4) is 0 Å². The van der Waals surface area contributed by atoms with Gasteiger partial charge in [0.15, 0.2) is 0 Å². The minimum atomic E-state index is -0.422. The Morgan fingerprint density at radius 3 is 2.68 bits per heavy atom. The number of benzene rings is 1. The number of aromatic nitrogens is 3. The van der Waals surface area contributed by atoms with Crippen LogP contribution < -0.4 is 4.90 Å². The Morgan fingerprint density at radius 1 is 1.14 bits per heavy atom. The molecule has 1 unspecified atom stereocenters. The molecule has 0 spiro atoms. The van der Waals surface area contributed by atoms with E-state index in [1.807, 2.05) is 18.2 Å². The van der Waals surface area contributed by atoms with Gasteiger partial charge in [0, 0.05) is 13.1 Å². The standard InChI is InChI=1S/C17H22N4O/c1-3-14-15(4-2)19-20-17(18-14)21-10-9-16(22)13-8-6-5-7-12(13)11-21/h5-8,16,22H,3-4,9-11H2,1-2H3. The molecule has 22 heavy (non-hydrogen) atoms. The summed E-state index contributed by atoms with van der Waals surface area (Å²) >= 11 is 0. The summed E-state index contributed by atoms with van der Waals surface area (Å²) in [4.78, 5) is 6.81. The number of hydrogen-bond donors (Lipinski definition) is 1. The van der Waals surface area contributed by atoms with Crippen LogP contribution in [-0.4, -0.2) is 26.8 Å². The van der Waals surface area contributed by atoms with Crippen molar-refractivity contribution in [2.24, 2.45) is 0 Å². The summed E-state index contributed by atoms with van der Waals surface area (Å²) < 4.78 is 0. The van der Waals surface area contributed by atoms with E-state index >= 15 is 0 Å². The molecule has 0 saturated heterocycles. The van der Waals surface area contributed by atoms with E-state index in [0.717, 1.165) is 41.9 Å². The van der Waals surface area contributed by atoms with Crippen molar-refractivity contribution in [1.82, 2.24) is 15.2 Å². The SMILES string of the molecule is CCc1nnc(N2CCC(O)c3ccccc3C2)nc1CC. The van der Waals surface area contributed by atoms with Crippen LogP contribution in [0.2, 0.25) is 0 Å². The summed E-state index contributed by atoms with van der Waals surface area (Å²) in [6, 6.07) is 8.04. The highest BCUT2D eigenvalue weighted by atomic mass is 16.3. The highest BCUT2D eigenvalue weighted by Crippen LogP contribution is 2.28. The average Bonchev–Trinajstić information content (AvgIpc) is 2.74. The predicted octanol–water partition coefficient (Wildman–Crippen LogP) is 2.44. The predicted molar refractivity (Wildman–Crippen MR) is 85.7 cm³/mol. The number of nitrogens with zero attached hydrogens (tertiary/aromatic N) is 4. The van der Waals surface area contributed by atoms with E-state index in [9.17, 15) is 5.11 Å². The lowest BCUT2D eigenvalue weighted by Crippen LogP contribution is -2.26. The zero-order valence-corrected chi connectivity index (χ0v) is 13.2. The Kier molecular flexibility index (Phi) is 4.34. The third-order valence-corrected chi connectivity index (χ3v) is 4.23. The lowest BCUT2D eigenvalue weighted by molar-refractivity contribution is 0.171. The van der Waals surface area contributed by atoms with Gasteiger partial charge in [-0.3, -0.25) is 0 Å². The van der Waals surface area contributed by atoms with E-state index in [0.29, 0.717) is 18.9 Å². The molecule has 0 saturated carbocycles. The maximum absolute atomic E-state index is 10.3. The molecule has 3 rings (SSSR count). The first-order valence-corrected chi connectivity index (χ1v) is 7.96. The maximum Gasteiger partial charge on any atom is 0.245 e. The Bertz CT molecular complexity index is 659. The summed E-state index contributed by atoms with van der Waals surface area (Å²) in [6.07, 6.45) is 1.97. The van der Waals surface area contributed by atoms with Gasteiger partial charge in [-0.15, -0.1) is 5.10 Å². The van der Waals surface area contributed by atoms with Crippen LogP contribution in [0.25, 0.3) is 0 Å². The summed E-state index contributed by atoms with van der Waals surface area (Å²) in [7, 11) is 0. The molecule has 0 aliphatic carbocycles. The van der Waals surface area contributed by atoms with Gasteiger partial charge in [0.05, 0.1) is 17.5 Å². The fourth-order valence-electron chi connectivity index (χ4n) is 2.95. The molecule has 1 aliphatic rings. The van der Waals surface area contributed by atoms with E-state index in [-0.39, 0.29) is 0 Å². The van der Waals surface area contributed by atoms with Gasteiger partial charge in [0.1, 0.15) is 0 Å². The number of aliphatic hydroxyl groups excluding tert-OH is 1. The number of rotatable bonds is 3. The van der Waals surface area contributed by atoms with Crippen LogP contribution in [0.5, 0.6) is 0 Å². The molecular weight excluding hydrogens is 276 g/mol. The summed E-state index contributed by atoms with van der Waals surface area (Å²) in [5.74, 6) is 0.665. The third-order valence-electron chi connectivity index (χ3n) is 4.23. The summed E-state index contributed by atoms with van der Waals surface area (Å²) in [5.41, 5.74) is 4.14. The maximum atomic E-state index is 10.3. The number of aryl methyl sites for hydroxylation is 2. The van der Waals surface area contributed by atoms with Crippen molar-refractivity contribution in [2.75, 3.05) is 11.4 Å². The van der Waals surface area contributed by atoms with E-state index in [1.165, 1.54) is 0 Å². The zero-order valence-electron chi connectivity index (χ0n) is 13.2. The lowest BCUT2D eigenvalue weighted by Gasteiger charge is -2.21.